The number of thioether (sulfide) groups is 1. The fourth-order valence-electron chi connectivity index (χ4n) is 7.51. The van der Waals surface area contributed by atoms with Crippen LogP contribution in [0.2, 0.25) is 5.02 Å². The molecule has 1 fully saturated rings. The zero-order chi connectivity index (χ0) is 34.5. The van der Waals surface area contributed by atoms with Crippen molar-refractivity contribution in [1.29, 1.82) is 0 Å². The van der Waals surface area contributed by atoms with Gasteiger partial charge in [-0.15, -0.1) is 0 Å². The second kappa shape index (κ2) is 15.9. The maximum atomic E-state index is 13.2. The summed E-state index contributed by atoms with van der Waals surface area (Å²) in [6.45, 7) is 10.1. The number of benzene rings is 2. The number of rotatable bonds is 13. The average Bonchev–Trinajstić information content (AvgIpc) is 3.22. The molecule has 3 aromatic rings. The van der Waals surface area contributed by atoms with Crippen LogP contribution in [0.15, 0.2) is 71.7 Å². The van der Waals surface area contributed by atoms with Crippen LogP contribution in [-0.2, 0) is 15.9 Å². The van der Waals surface area contributed by atoms with E-state index in [0.717, 1.165) is 79.0 Å². The third kappa shape index (κ3) is 8.81. The lowest BCUT2D eigenvalue weighted by Gasteiger charge is -2.46. The normalized spacial score (nSPS) is 22.5. The number of ether oxygens (including phenoxy) is 3. The number of aryl methyl sites for hydroxylation is 1. The molecular weight excluding hydrogens is 654 g/mol. The molecule has 0 saturated heterocycles. The van der Waals surface area contributed by atoms with Gasteiger partial charge in [0.1, 0.15) is 11.4 Å². The van der Waals surface area contributed by atoms with Crippen molar-refractivity contribution in [2.24, 2.45) is 17.8 Å². The van der Waals surface area contributed by atoms with Crippen molar-refractivity contribution in [2.75, 3.05) is 37.5 Å². The molecule has 49 heavy (non-hydrogen) atoms. The Labute approximate surface area is 301 Å². The molecule has 1 aliphatic heterocycles. The predicted molar refractivity (Wildman–Crippen MR) is 198 cm³/mol. The van der Waals surface area contributed by atoms with E-state index in [1.807, 2.05) is 58.2 Å². The van der Waals surface area contributed by atoms with E-state index in [1.54, 1.807) is 24.2 Å². The maximum absolute atomic E-state index is 13.2. The lowest BCUT2D eigenvalue weighted by atomic mass is 9.65. The molecule has 1 saturated carbocycles. The summed E-state index contributed by atoms with van der Waals surface area (Å²) in [6, 6.07) is 13.9. The Morgan fingerprint density at radius 1 is 1.14 bits per heavy atom. The second-order valence-electron chi connectivity index (χ2n) is 14.7. The van der Waals surface area contributed by atoms with Crippen LogP contribution >= 0.6 is 23.4 Å². The highest BCUT2D eigenvalue weighted by atomic mass is 35.5. The molecule has 2 aliphatic carbocycles. The van der Waals surface area contributed by atoms with Crippen LogP contribution in [0.3, 0.4) is 0 Å². The minimum atomic E-state index is -0.575. The zero-order valence-corrected chi connectivity index (χ0v) is 31.1. The SMILES string of the molecule is CCCc1cc(Cl)ccc1C1COc2ccc(C(=O)OC(C)(C)C)cc2N(CC2CCC2C(OC)C2=CC(CCSc3ncccn3)C2)C1. The van der Waals surface area contributed by atoms with Crippen LogP contribution in [-0.4, -0.2) is 60.2 Å². The number of fused-ring (bicyclic) bond motifs is 1. The first-order valence-electron chi connectivity index (χ1n) is 17.8. The Morgan fingerprint density at radius 3 is 2.63 bits per heavy atom. The summed E-state index contributed by atoms with van der Waals surface area (Å²) in [5.74, 6) is 3.16. The molecule has 5 unspecified atom stereocenters. The highest BCUT2D eigenvalue weighted by Gasteiger charge is 2.42. The van der Waals surface area contributed by atoms with Crippen molar-refractivity contribution in [3.05, 3.63) is 88.2 Å². The van der Waals surface area contributed by atoms with Crippen LogP contribution in [0.1, 0.15) is 87.2 Å². The first-order valence-corrected chi connectivity index (χ1v) is 19.1. The van der Waals surface area contributed by atoms with Crippen molar-refractivity contribution in [2.45, 2.75) is 89.0 Å². The van der Waals surface area contributed by atoms with Gasteiger partial charge in [-0.05, 0) is 124 Å². The van der Waals surface area contributed by atoms with E-state index in [9.17, 15) is 4.79 Å². The molecule has 0 spiro atoms. The van der Waals surface area contributed by atoms with Crippen molar-refractivity contribution in [3.8, 4) is 5.75 Å². The van der Waals surface area contributed by atoms with E-state index in [4.69, 9.17) is 25.8 Å². The number of aromatic nitrogens is 2. The fraction of sp³-hybridized carbons (Fsp3) is 0.525. The van der Waals surface area contributed by atoms with Gasteiger partial charge in [0.15, 0.2) is 5.16 Å². The second-order valence-corrected chi connectivity index (χ2v) is 16.2. The summed E-state index contributed by atoms with van der Waals surface area (Å²) in [7, 11) is 1.87. The average molecular weight is 704 g/mol. The quantitative estimate of drug-likeness (QED) is 0.0755. The number of carbonyl (C=O) groups excluding carboxylic acids is 1. The Balaban J connectivity index is 1.20. The molecule has 0 N–H and O–H groups in total. The van der Waals surface area contributed by atoms with Crippen molar-refractivity contribution in [3.63, 3.8) is 0 Å². The van der Waals surface area contributed by atoms with Crippen LogP contribution < -0.4 is 9.64 Å². The van der Waals surface area contributed by atoms with Crippen LogP contribution in [0, 0.1) is 17.8 Å². The predicted octanol–water partition coefficient (Wildman–Crippen LogP) is 9.19. The molecule has 7 nitrogen and oxygen atoms in total. The van der Waals surface area contributed by atoms with E-state index in [-0.39, 0.29) is 18.0 Å². The third-order valence-corrected chi connectivity index (χ3v) is 11.2. The number of methoxy groups -OCH3 is 1. The number of nitrogens with zero attached hydrogens (tertiary/aromatic N) is 3. The Kier molecular flexibility index (Phi) is 11.6. The number of allylic oxidation sites excluding steroid dienone is 1. The van der Waals surface area contributed by atoms with Gasteiger partial charge in [0.2, 0.25) is 0 Å². The lowest BCUT2D eigenvalue weighted by molar-refractivity contribution is 0.000767. The van der Waals surface area contributed by atoms with Crippen molar-refractivity contribution < 1.29 is 19.0 Å². The van der Waals surface area contributed by atoms with Gasteiger partial charge in [-0.25, -0.2) is 14.8 Å². The van der Waals surface area contributed by atoms with Gasteiger partial charge in [0.25, 0.3) is 0 Å². The third-order valence-electron chi connectivity index (χ3n) is 10.0. The maximum Gasteiger partial charge on any atom is 0.338 e. The van der Waals surface area contributed by atoms with Crippen molar-refractivity contribution in [1.82, 2.24) is 9.97 Å². The molecule has 9 heteroatoms. The summed E-state index contributed by atoms with van der Waals surface area (Å²) in [6.07, 6.45) is 12.7. The summed E-state index contributed by atoms with van der Waals surface area (Å²) in [5, 5.41) is 1.61. The Morgan fingerprint density at radius 2 is 1.94 bits per heavy atom. The number of hydrogen-bond donors (Lipinski definition) is 0. The topological polar surface area (TPSA) is 73.8 Å². The highest BCUT2D eigenvalue weighted by Crippen LogP contribution is 2.47. The number of hydrogen-bond acceptors (Lipinski definition) is 8. The fourth-order valence-corrected chi connectivity index (χ4v) is 8.58. The smallest absolute Gasteiger partial charge is 0.338 e. The van der Waals surface area contributed by atoms with E-state index in [0.29, 0.717) is 29.9 Å². The summed E-state index contributed by atoms with van der Waals surface area (Å²) < 4.78 is 18.5. The largest absolute Gasteiger partial charge is 0.491 e. The molecule has 1 aromatic heterocycles. The molecule has 0 bridgehead atoms. The molecule has 0 radical (unpaired) electrons. The van der Waals surface area contributed by atoms with Crippen molar-refractivity contribution >= 4 is 35.0 Å². The Bertz CT molecular complexity index is 1630. The minimum Gasteiger partial charge on any atom is -0.491 e. The van der Waals surface area contributed by atoms with Gasteiger partial charge in [0.05, 0.1) is 24.0 Å². The van der Waals surface area contributed by atoms with Gasteiger partial charge in [-0.2, -0.15) is 0 Å². The van der Waals surface area contributed by atoms with E-state index >= 15 is 0 Å². The molecule has 5 atom stereocenters. The van der Waals surface area contributed by atoms with Gasteiger partial charge in [-0.1, -0.05) is 48.8 Å². The van der Waals surface area contributed by atoms with Crippen LogP contribution in [0.25, 0.3) is 0 Å². The summed E-state index contributed by atoms with van der Waals surface area (Å²) >= 11 is 8.19. The van der Waals surface area contributed by atoms with E-state index in [2.05, 4.69) is 40.0 Å². The molecule has 6 rings (SSSR count). The lowest BCUT2D eigenvalue weighted by Crippen LogP contribution is -2.46. The first kappa shape index (κ1) is 35.7. The molecule has 2 heterocycles. The molecule has 0 amide bonds. The first-order chi connectivity index (χ1) is 23.6. The van der Waals surface area contributed by atoms with Gasteiger partial charge in [-0.3, -0.25) is 0 Å². The zero-order valence-electron chi connectivity index (χ0n) is 29.5. The Hall–Kier alpha value is -3.07. The molecular formula is C40H50ClN3O4S. The summed E-state index contributed by atoms with van der Waals surface area (Å²) in [5.41, 5.74) is 4.94. The molecule has 262 valence electrons. The number of carbonyl (C=O) groups is 1. The number of anilines is 1. The number of esters is 1. The standard InChI is InChI=1S/C40H50ClN3O4S/c1-6-8-27-21-32(41)11-13-33(27)31-24-44(35-22-28(10-14-36(35)47-25-31)38(45)48-40(2,3)4)23-29-9-12-34(29)37(46-5)30-19-26(20-30)15-18-49-39-42-16-7-17-43-39/h7,10-11,13-14,16-17,19,21-22,26,29,31,34,37H,6,8-9,12,15,18,20,23-25H2,1-5H3. The summed E-state index contributed by atoms with van der Waals surface area (Å²) in [4.78, 5) is 24.3. The van der Waals surface area contributed by atoms with Gasteiger partial charge in [0, 0.05) is 49.3 Å². The van der Waals surface area contributed by atoms with Crippen LogP contribution in [0.5, 0.6) is 5.75 Å². The van der Waals surface area contributed by atoms with E-state index in [1.165, 1.54) is 16.7 Å². The molecule has 2 aromatic carbocycles. The van der Waals surface area contributed by atoms with E-state index < -0.39 is 5.60 Å². The monoisotopic (exact) mass is 703 g/mol. The number of halogens is 1. The van der Waals surface area contributed by atoms with Gasteiger partial charge < -0.3 is 19.1 Å². The molecule has 3 aliphatic rings. The highest BCUT2D eigenvalue weighted by molar-refractivity contribution is 7.99. The van der Waals surface area contributed by atoms with Crippen LogP contribution in [0.4, 0.5) is 5.69 Å². The van der Waals surface area contributed by atoms with Gasteiger partial charge >= 0.3 is 5.97 Å². The minimum absolute atomic E-state index is 0.138.